The van der Waals surface area contributed by atoms with Gasteiger partial charge in [-0.25, -0.2) is 0 Å². The first-order valence-corrected chi connectivity index (χ1v) is 5.31. The molecule has 1 rings (SSSR count). The molecule has 1 atom stereocenters. The van der Waals surface area contributed by atoms with E-state index >= 15 is 0 Å². The average Bonchev–Trinajstić information content (AvgIpc) is 1.82. The Labute approximate surface area is 83.1 Å². The Morgan fingerprint density at radius 1 is 1.67 bits per heavy atom. The van der Waals surface area contributed by atoms with Crippen molar-refractivity contribution in [1.29, 1.82) is 0 Å². The third-order valence-electron chi connectivity index (χ3n) is 1.91. The molecule has 0 amide bonds. The minimum absolute atomic E-state index is 0.494. The Balaban J connectivity index is 2.32. The van der Waals surface area contributed by atoms with Gasteiger partial charge in [0.2, 0.25) is 0 Å². The van der Waals surface area contributed by atoms with Crippen LogP contribution in [-0.4, -0.2) is 40.1 Å². The molecule has 1 fully saturated rings. The molecule has 3 heteroatoms. The van der Waals surface area contributed by atoms with Crippen LogP contribution in [0.5, 0.6) is 0 Å². The first-order valence-electron chi connectivity index (χ1n) is 4.39. The van der Waals surface area contributed by atoms with E-state index in [4.69, 9.17) is 0 Å². The number of nitrogens with zero attached hydrogens (tertiary/aromatic N) is 1. The molecule has 0 aromatic carbocycles. The number of piperidine rings is 1. The summed E-state index contributed by atoms with van der Waals surface area (Å²) in [4.78, 5) is 2.79. The summed E-state index contributed by atoms with van der Waals surface area (Å²) in [5.74, 6) is 0. The maximum atomic E-state index is 9.59. The summed E-state index contributed by atoms with van der Waals surface area (Å²) in [5, 5.41) is 9.59. The molecular formula is C9H17BrNO. The first kappa shape index (κ1) is 10.5. The number of β-amino-alcohol motifs (C(OH)–C–C–N with tert-alkyl or cyclic N) is 1. The summed E-state index contributed by atoms with van der Waals surface area (Å²) in [6, 6.07) is 0. The van der Waals surface area contributed by atoms with Crippen LogP contribution in [0.2, 0.25) is 0 Å². The van der Waals surface area contributed by atoms with E-state index in [0.29, 0.717) is 4.83 Å². The van der Waals surface area contributed by atoms with Gasteiger partial charge in [-0.2, -0.15) is 0 Å². The highest BCUT2D eigenvalue weighted by Gasteiger charge is 2.23. The molecule has 1 aliphatic heterocycles. The molecule has 71 valence electrons. The standard InChI is InChI=1S/C9H17BrNO/c1-9(2,12)7-11-5-3-4-8(10)6-11/h4,8,12H,3,5-7H2,1-2H3. The Bertz CT molecular complexity index is 144. The second-order valence-electron chi connectivity index (χ2n) is 4.09. The fourth-order valence-electron chi connectivity index (χ4n) is 1.54. The van der Waals surface area contributed by atoms with Crippen LogP contribution < -0.4 is 0 Å². The van der Waals surface area contributed by atoms with Crippen LogP contribution in [-0.2, 0) is 0 Å². The summed E-state index contributed by atoms with van der Waals surface area (Å²) in [7, 11) is 0. The van der Waals surface area contributed by atoms with E-state index in [9.17, 15) is 5.11 Å². The minimum Gasteiger partial charge on any atom is -0.389 e. The van der Waals surface area contributed by atoms with Crippen LogP contribution in [0.25, 0.3) is 0 Å². The number of rotatable bonds is 2. The van der Waals surface area contributed by atoms with Crippen LogP contribution in [0.15, 0.2) is 0 Å². The van der Waals surface area contributed by atoms with Crippen LogP contribution in [0.1, 0.15) is 20.3 Å². The van der Waals surface area contributed by atoms with Crippen molar-refractivity contribution < 1.29 is 5.11 Å². The topological polar surface area (TPSA) is 23.5 Å². The van der Waals surface area contributed by atoms with Gasteiger partial charge in [0.1, 0.15) is 0 Å². The zero-order valence-electron chi connectivity index (χ0n) is 7.76. The third-order valence-corrected chi connectivity index (χ3v) is 2.57. The van der Waals surface area contributed by atoms with Crippen LogP contribution >= 0.6 is 15.9 Å². The molecule has 1 heterocycles. The predicted molar refractivity (Wildman–Crippen MR) is 54.4 cm³/mol. The lowest BCUT2D eigenvalue weighted by Crippen LogP contribution is -2.44. The summed E-state index contributed by atoms with van der Waals surface area (Å²) >= 11 is 3.56. The van der Waals surface area contributed by atoms with Gasteiger partial charge < -0.3 is 5.11 Å². The number of likely N-dealkylation sites (tertiary alicyclic amines) is 1. The van der Waals surface area contributed by atoms with E-state index in [-0.39, 0.29) is 0 Å². The van der Waals surface area contributed by atoms with Crippen LogP contribution in [0.4, 0.5) is 0 Å². The smallest absolute Gasteiger partial charge is 0.0718 e. The molecule has 0 aromatic rings. The van der Waals surface area contributed by atoms with E-state index < -0.39 is 5.60 Å². The van der Waals surface area contributed by atoms with Crippen molar-refractivity contribution in [3.05, 3.63) is 6.42 Å². The molecule has 0 saturated carbocycles. The van der Waals surface area contributed by atoms with E-state index in [1.165, 1.54) is 0 Å². The number of aliphatic hydroxyl groups is 1. The zero-order chi connectivity index (χ0) is 9.19. The normalized spacial score (nSPS) is 27.5. The van der Waals surface area contributed by atoms with Gasteiger partial charge in [0.05, 0.1) is 5.60 Å². The van der Waals surface area contributed by atoms with E-state index in [2.05, 4.69) is 27.3 Å². The second kappa shape index (κ2) is 4.07. The number of hydrogen-bond donors (Lipinski definition) is 1. The van der Waals surface area contributed by atoms with Gasteiger partial charge in [0.25, 0.3) is 0 Å². The average molecular weight is 235 g/mol. The Morgan fingerprint density at radius 2 is 2.33 bits per heavy atom. The Kier molecular flexibility index (Phi) is 3.56. The number of hydrogen-bond acceptors (Lipinski definition) is 2. The highest BCUT2D eigenvalue weighted by Crippen LogP contribution is 2.17. The van der Waals surface area contributed by atoms with Gasteiger partial charge in [0, 0.05) is 17.9 Å². The van der Waals surface area contributed by atoms with Crippen molar-refractivity contribution in [2.75, 3.05) is 19.6 Å². The highest BCUT2D eigenvalue weighted by molar-refractivity contribution is 9.09. The molecule has 0 spiro atoms. The van der Waals surface area contributed by atoms with Crippen molar-refractivity contribution in [1.82, 2.24) is 4.90 Å². The van der Waals surface area contributed by atoms with Crippen molar-refractivity contribution >= 4 is 15.9 Å². The molecule has 1 N–H and O–H groups in total. The lowest BCUT2D eigenvalue weighted by Gasteiger charge is -2.33. The van der Waals surface area contributed by atoms with Crippen molar-refractivity contribution in [3.8, 4) is 0 Å². The molecular weight excluding hydrogens is 218 g/mol. The summed E-state index contributed by atoms with van der Waals surface area (Å²) in [6.07, 6.45) is 3.40. The highest BCUT2D eigenvalue weighted by atomic mass is 79.9. The maximum Gasteiger partial charge on any atom is 0.0718 e. The molecule has 0 aliphatic carbocycles. The van der Waals surface area contributed by atoms with Crippen molar-refractivity contribution in [3.63, 3.8) is 0 Å². The monoisotopic (exact) mass is 234 g/mol. The molecule has 1 aliphatic rings. The largest absolute Gasteiger partial charge is 0.389 e. The van der Waals surface area contributed by atoms with Gasteiger partial charge in [-0.1, -0.05) is 15.9 Å². The van der Waals surface area contributed by atoms with Gasteiger partial charge in [-0.15, -0.1) is 0 Å². The lowest BCUT2D eigenvalue weighted by molar-refractivity contribution is 0.0342. The molecule has 12 heavy (non-hydrogen) atoms. The summed E-state index contributed by atoms with van der Waals surface area (Å²) in [5.41, 5.74) is -0.565. The predicted octanol–water partition coefficient (Wildman–Crippen LogP) is 1.43. The fourth-order valence-corrected chi connectivity index (χ4v) is 2.22. The van der Waals surface area contributed by atoms with E-state index in [1.807, 2.05) is 13.8 Å². The summed E-state index contributed by atoms with van der Waals surface area (Å²) in [6.45, 7) is 6.57. The lowest BCUT2D eigenvalue weighted by atomic mass is 10.1. The summed E-state index contributed by atoms with van der Waals surface area (Å²) < 4.78 is 0. The van der Waals surface area contributed by atoms with Crippen molar-refractivity contribution in [2.45, 2.75) is 30.7 Å². The second-order valence-corrected chi connectivity index (χ2v) is 5.26. The number of alkyl halides is 1. The zero-order valence-corrected chi connectivity index (χ0v) is 9.34. The SMILES string of the molecule is CC(C)(O)CN1CC[CH]C(Br)C1. The minimum atomic E-state index is -0.565. The molecule has 1 saturated heterocycles. The van der Waals surface area contributed by atoms with Crippen LogP contribution in [0.3, 0.4) is 0 Å². The fraction of sp³-hybridized carbons (Fsp3) is 0.889. The Hall–Kier alpha value is 0.400. The third kappa shape index (κ3) is 3.87. The molecule has 0 bridgehead atoms. The maximum absolute atomic E-state index is 9.59. The molecule has 1 unspecified atom stereocenters. The first-order chi connectivity index (χ1) is 5.47. The van der Waals surface area contributed by atoms with Crippen LogP contribution in [0, 0.1) is 6.42 Å². The molecule has 1 radical (unpaired) electrons. The molecule has 2 nitrogen and oxygen atoms in total. The van der Waals surface area contributed by atoms with E-state index in [0.717, 1.165) is 26.1 Å². The van der Waals surface area contributed by atoms with Gasteiger partial charge in [-0.3, -0.25) is 4.90 Å². The van der Waals surface area contributed by atoms with E-state index in [1.54, 1.807) is 0 Å². The van der Waals surface area contributed by atoms with Crippen molar-refractivity contribution in [2.24, 2.45) is 0 Å². The van der Waals surface area contributed by atoms with Gasteiger partial charge in [-0.05, 0) is 33.2 Å². The Morgan fingerprint density at radius 3 is 2.83 bits per heavy atom. The van der Waals surface area contributed by atoms with Gasteiger partial charge in [0.15, 0.2) is 0 Å². The quantitative estimate of drug-likeness (QED) is 0.732. The number of halogens is 1. The molecule has 0 aromatic heterocycles. The van der Waals surface area contributed by atoms with Gasteiger partial charge >= 0.3 is 0 Å².